The van der Waals surface area contributed by atoms with Crippen molar-refractivity contribution in [2.45, 2.75) is 31.1 Å². The Hall–Kier alpha value is -2.61. The van der Waals surface area contributed by atoms with Crippen LogP contribution in [-0.4, -0.2) is 20.6 Å². The first kappa shape index (κ1) is 25.0. The lowest BCUT2D eigenvalue weighted by molar-refractivity contribution is -0.115. The van der Waals surface area contributed by atoms with Gasteiger partial charge in [0, 0.05) is 18.0 Å². The van der Waals surface area contributed by atoms with E-state index in [4.69, 9.17) is 27.9 Å². The lowest BCUT2D eigenvalue weighted by atomic mass is 10.0. The van der Waals surface area contributed by atoms with E-state index in [1.165, 1.54) is 36.4 Å². The van der Waals surface area contributed by atoms with Gasteiger partial charge in [0.15, 0.2) is 15.6 Å². The van der Waals surface area contributed by atoms with E-state index in [1.807, 2.05) is 13.8 Å². The molecule has 0 heterocycles. The predicted molar refractivity (Wildman–Crippen MR) is 129 cm³/mol. The first-order valence-electron chi connectivity index (χ1n) is 9.98. The normalized spacial score (nSPS) is 11.5. The quantitative estimate of drug-likeness (QED) is 0.387. The number of sulfone groups is 1. The lowest BCUT2D eigenvalue weighted by Gasteiger charge is -2.14. The molecule has 174 valence electrons. The molecule has 5 nitrogen and oxygen atoms in total. The van der Waals surface area contributed by atoms with Crippen molar-refractivity contribution in [1.82, 2.24) is 0 Å². The minimum atomic E-state index is -3.38. The molecule has 0 unspecified atom stereocenters. The molecule has 1 N–H and O–H groups in total. The molecule has 0 aliphatic heterocycles. The van der Waals surface area contributed by atoms with Gasteiger partial charge in [-0.3, -0.25) is 4.79 Å². The zero-order valence-electron chi connectivity index (χ0n) is 18.2. The third kappa shape index (κ3) is 6.69. The Bertz CT molecular complexity index is 1290. The Morgan fingerprint density at radius 3 is 2.33 bits per heavy atom. The zero-order chi connectivity index (χ0) is 24.3. The summed E-state index contributed by atoms with van der Waals surface area (Å²) in [4.78, 5) is 12.6. The molecule has 0 saturated heterocycles. The fourth-order valence-corrected chi connectivity index (χ4v) is 4.36. The van der Waals surface area contributed by atoms with E-state index in [-0.39, 0.29) is 44.7 Å². The molecule has 0 atom stereocenters. The van der Waals surface area contributed by atoms with Gasteiger partial charge in [-0.1, -0.05) is 49.2 Å². The van der Waals surface area contributed by atoms with Gasteiger partial charge in [-0.25, -0.2) is 12.8 Å². The Balaban J connectivity index is 1.76. The minimum absolute atomic E-state index is 0.0435. The summed E-state index contributed by atoms with van der Waals surface area (Å²) in [7, 11) is -3.38. The SMILES string of the molecule is CC(C)c1cc(F)cc(Oc2c(Cl)cc(NC(=O)Cc3cccc(S(C)(=O)=O)c3)cc2Cl)c1. The fraction of sp³-hybridized carbons (Fsp3) is 0.208. The van der Waals surface area contributed by atoms with Crippen molar-refractivity contribution in [2.75, 3.05) is 11.6 Å². The summed E-state index contributed by atoms with van der Waals surface area (Å²) >= 11 is 12.6. The molecule has 1 amide bonds. The first-order chi connectivity index (χ1) is 15.4. The predicted octanol–water partition coefficient (Wildman–Crippen LogP) is 6.63. The molecule has 9 heteroatoms. The number of hydrogen-bond donors (Lipinski definition) is 1. The maximum absolute atomic E-state index is 13.9. The van der Waals surface area contributed by atoms with Crippen LogP contribution in [0.15, 0.2) is 59.5 Å². The largest absolute Gasteiger partial charge is 0.454 e. The van der Waals surface area contributed by atoms with E-state index in [0.29, 0.717) is 11.3 Å². The smallest absolute Gasteiger partial charge is 0.228 e. The van der Waals surface area contributed by atoms with Crippen molar-refractivity contribution >= 4 is 44.6 Å². The van der Waals surface area contributed by atoms with Gasteiger partial charge in [0.1, 0.15) is 11.6 Å². The van der Waals surface area contributed by atoms with Crippen molar-refractivity contribution in [2.24, 2.45) is 0 Å². The van der Waals surface area contributed by atoms with Gasteiger partial charge in [0.05, 0.1) is 21.4 Å². The van der Waals surface area contributed by atoms with Crippen molar-refractivity contribution < 1.29 is 22.3 Å². The number of rotatable bonds is 7. The number of nitrogens with one attached hydrogen (secondary N) is 1. The zero-order valence-corrected chi connectivity index (χ0v) is 20.5. The fourth-order valence-electron chi connectivity index (χ4n) is 3.10. The van der Waals surface area contributed by atoms with Gasteiger partial charge in [-0.15, -0.1) is 0 Å². The summed E-state index contributed by atoms with van der Waals surface area (Å²) in [6.45, 7) is 3.88. The molecule has 3 rings (SSSR count). The van der Waals surface area contributed by atoms with Gasteiger partial charge in [-0.2, -0.15) is 0 Å². The highest BCUT2D eigenvalue weighted by atomic mass is 35.5. The topological polar surface area (TPSA) is 72.5 Å². The second-order valence-corrected chi connectivity index (χ2v) is 10.7. The molecule has 0 radical (unpaired) electrons. The van der Waals surface area contributed by atoms with Crippen molar-refractivity contribution in [3.63, 3.8) is 0 Å². The van der Waals surface area contributed by atoms with Crippen molar-refractivity contribution in [3.05, 3.63) is 81.6 Å². The average molecular weight is 510 g/mol. The molecular weight excluding hydrogens is 488 g/mol. The van der Waals surface area contributed by atoms with Crippen LogP contribution in [0.2, 0.25) is 10.0 Å². The van der Waals surface area contributed by atoms with E-state index >= 15 is 0 Å². The van der Waals surface area contributed by atoms with Gasteiger partial charge in [-0.05, 0) is 53.4 Å². The number of carbonyl (C=O) groups is 1. The Kier molecular flexibility index (Phi) is 7.67. The van der Waals surface area contributed by atoms with Crippen LogP contribution in [0.25, 0.3) is 0 Å². The monoisotopic (exact) mass is 509 g/mol. The van der Waals surface area contributed by atoms with Crippen LogP contribution in [0.5, 0.6) is 11.5 Å². The van der Waals surface area contributed by atoms with Crippen LogP contribution in [0.1, 0.15) is 30.9 Å². The summed E-state index contributed by atoms with van der Waals surface area (Å²) in [5.41, 5.74) is 1.64. The highest BCUT2D eigenvalue weighted by Gasteiger charge is 2.15. The molecule has 0 aliphatic rings. The van der Waals surface area contributed by atoms with Crippen LogP contribution < -0.4 is 10.1 Å². The molecule has 0 aromatic heterocycles. The number of hydrogen-bond acceptors (Lipinski definition) is 4. The number of amides is 1. The number of halogens is 3. The molecule has 0 bridgehead atoms. The molecule has 0 spiro atoms. The van der Waals surface area contributed by atoms with E-state index in [0.717, 1.165) is 11.8 Å². The van der Waals surface area contributed by atoms with Crippen molar-refractivity contribution in [1.29, 1.82) is 0 Å². The highest BCUT2D eigenvalue weighted by molar-refractivity contribution is 7.90. The van der Waals surface area contributed by atoms with Crippen LogP contribution >= 0.6 is 23.2 Å². The van der Waals surface area contributed by atoms with E-state index in [9.17, 15) is 17.6 Å². The maximum Gasteiger partial charge on any atom is 0.228 e. The van der Waals surface area contributed by atoms with Crippen molar-refractivity contribution in [3.8, 4) is 11.5 Å². The molecule has 0 saturated carbocycles. The Labute approximate surface area is 202 Å². The van der Waals surface area contributed by atoms with E-state index in [1.54, 1.807) is 18.2 Å². The van der Waals surface area contributed by atoms with Crippen LogP contribution in [0.3, 0.4) is 0 Å². The third-order valence-electron chi connectivity index (χ3n) is 4.75. The minimum Gasteiger partial charge on any atom is -0.454 e. The van der Waals surface area contributed by atoms with Crippen LogP contribution in [0.4, 0.5) is 10.1 Å². The van der Waals surface area contributed by atoms with Gasteiger partial charge in [0.25, 0.3) is 0 Å². The summed E-state index contributed by atoms with van der Waals surface area (Å²) in [6.07, 6.45) is 1.06. The lowest BCUT2D eigenvalue weighted by Crippen LogP contribution is -2.14. The highest BCUT2D eigenvalue weighted by Crippen LogP contribution is 2.39. The maximum atomic E-state index is 13.9. The number of anilines is 1. The first-order valence-corrected chi connectivity index (χ1v) is 12.6. The summed E-state index contributed by atoms with van der Waals surface area (Å²) < 4.78 is 43.1. The summed E-state index contributed by atoms with van der Waals surface area (Å²) in [6, 6.07) is 13.5. The number of ether oxygens (including phenoxy) is 1. The molecule has 3 aromatic carbocycles. The standard InChI is InChI=1S/C24H22Cl2FNO4S/c1-14(2)16-9-17(27)11-19(10-16)32-24-21(25)12-18(13-22(24)26)28-23(29)8-15-5-4-6-20(7-15)33(3,30)31/h4-7,9-14H,8H2,1-3H3,(H,28,29). The summed E-state index contributed by atoms with van der Waals surface area (Å²) in [5.74, 6) is -0.326. The molecule has 0 fully saturated rings. The van der Waals surface area contributed by atoms with E-state index < -0.39 is 15.7 Å². The average Bonchev–Trinajstić information content (AvgIpc) is 2.70. The van der Waals surface area contributed by atoms with Crippen LogP contribution in [-0.2, 0) is 21.1 Å². The molecule has 33 heavy (non-hydrogen) atoms. The van der Waals surface area contributed by atoms with Crippen LogP contribution in [0, 0.1) is 5.82 Å². The summed E-state index contributed by atoms with van der Waals surface area (Å²) in [5, 5.41) is 2.95. The second kappa shape index (κ2) is 10.1. The molecule has 0 aliphatic carbocycles. The third-order valence-corrected chi connectivity index (χ3v) is 6.43. The Morgan fingerprint density at radius 2 is 1.73 bits per heavy atom. The van der Waals surface area contributed by atoms with Gasteiger partial charge >= 0.3 is 0 Å². The number of carbonyl (C=O) groups excluding carboxylic acids is 1. The molecule has 3 aromatic rings. The van der Waals surface area contributed by atoms with Gasteiger partial charge in [0.2, 0.25) is 5.91 Å². The van der Waals surface area contributed by atoms with Gasteiger partial charge < -0.3 is 10.1 Å². The number of benzene rings is 3. The Morgan fingerprint density at radius 1 is 1.06 bits per heavy atom. The second-order valence-electron chi connectivity index (χ2n) is 7.89. The van der Waals surface area contributed by atoms with E-state index in [2.05, 4.69) is 5.32 Å². The molecular formula is C24H22Cl2FNO4S.